The predicted octanol–water partition coefficient (Wildman–Crippen LogP) is 3.02. The molecule has 0 amide bonds. The number of pyridine rings is 1. The molecule has 1 fully saturated rings. The average Bonchev–Trinajstić information content (AvgIpc) is 2.72. The molecule has 1 atom stereocenters. The van der Waals surface area contributed by atoms with E-state index < -0.39 is 10.0 Å². The van der Waals surface area contributed by atoms with Gasteiger partial charge in [0.2, 0.25) is 10.0 Å². The lowest BCUT2D eigenvalue weighted by Gasteiger charge is -2.36. The van der Waals surface area contributed by atoms with Gasteiger partial charge in [0.15, 0.2) is 0 Å². The van der Waals surface area contributed by atoms with Crippen LogP contribution in [0.4, 0.5) is 0 Å². The number of nitrogens with zero attached hydrogens (tertiary/aromatic N) is 3. The van der Waals surface area contributed by atoms with Crippen molar-refractivity contribution in [3.05, 3.63) is 71.4 Å². The highest BCUT2D eigenvalue weighted by atomic mass is 32.2. The lowest BCUT2D eigenvalue weighted by molar-refractivity contribution is 0.165. The van der Waals surface area contributed by atoms with Gasteiger partial charge in [-0.15, -0.1) is 0 Å². The summed E-state index contributed by atoms with van der Waals surface area (Å²) in [6.07, 6.45) is 6.26. The van der Waals surface area contributed by atoms with Gasteiger partial charge in [-0.2, -0.15) is 4.31 Å². The van der Waals surface area contributed by atoms with E-state index in [1.54, 1.807) is 10.4 Å². The van der Waals surface area contributed by atoms with Gasteiger partial charge in [0.25, 0.3) is 0 Å². The van der Waals surface area contributed by atoms with Gasteiger partial charge < -0.3 is 4.90 Å². The van der Waals surface area contributed by atoms with Crippen molar-refractivity contribution in [1.29, 1.82) is 0 Å². The lowest BCUT2D eigenvalue weighted by Crippen LogP contribution is -2.48. The first-order chi connectivity index (χ1) is 13.0. The number of sulfonamides is 1. The third kappa shape index (κ3) is 5.73. The summed E-state index contributed by atoms with van der Waals surface area (Å²) in [4.78, 5) is 6.62. The Balaban J connectivity index is 1.58. The third-order valence-corrected chi connectivity index (χ3v) is 6.55. The number of benzene rings is 1. The van der Waals surface area contributed by atoms with E-state index in [0.717, 1.165) is 37.1 Å². The van der Waals surface area contributed by atoms with Crippen molar-refractivity contribution in [3.8, 4) is 0 Å². The van der Waals surface area contributed by atoms with E-state index in [-0.39, 0.29) is 6.04 Å². The zero-order valence-electron chi connectivity index (χ0n) is 15.7. The summed E-state index contributed by atoms with van der Waals surface area (Å²) in [6.45, 7) is 2.00. The van der Waals surface area contributed by atoms with Crippen LogP contribution in [0.3, 0.4) is 0 Å². The first kappa shape index (κ1) is 19.7. The van der Waals surface area contributed by atoms with Crippen molar-refractivity contribution in [1.82, 2.24) is 14.2 Å². The topological polar surface area (TPSA) is 53.5 Å². The first-order valence-electron chi connectivity index (χ1n) is 9.38. The Hall–Kier alpha value is -2.02. The Morgan fingerprint density at radius 3 is 2.70 bits per heavy atom. The van der Waals surface area contributed by atoms with Gasteiger partial charge in [0, 0.05) is 49.4 Å². The van der Waals surface area contributed by atoms with Crippen LogP contribution in [0.25, 0.3) is 6.08 Å². The maximum absolute atomic E-state index is 12.7. The van der Waals surface area contributed by atoms with Gasteiger partial charge in [-0.05, 0) is 43.7 Å². The summed E-state index contributed by atoms with van der Waals surface area (Å²) >= 11 is 0. The highest BCUT2D eigenvalue weighted by Gasteiger charge is 2.29. The fourth-order valence-electron chi connectivity index (χ4n) is 3.35. The lowest BCUT2D eigenvalue weighted by atomic mass is 10.1. The summed E-state index contributed by atoms with van der Waals surface area (Å²) in [7, 11) is -1.33. The molecule has 2 heterocycles. The summed E-state index contributed by atoms with van der Waals surface area (Å²) in [5, 5.41) is 1.33. The molecule has 1 aromatic carbocycles. The standard InChI is InChI=1S/C21H27N3O2S/c1-23(16-12-20-10-5-6-14-22-20)21-11-7-15-24(18-21)27(25,26)17-13-19-8-3-2-4-9-19/h2-6,8-10,13-14,17,21H,7,11-12,15-16,18H2,1H3/b17-13+/t21-/m0/s1. The highest BCUT2D eigenvalue weighted by Crippen LogP contribution is 2.19. The molecule has 1 aliphatic heterocycles. The molecule has 1 saturated heterocycles. The Bertz CT molecular complexity index is 838. The minimum absolute atomic E-state index is 0.238. The molecule has 1 aromatic heterocycles. The molecule has 0 saturated carbocycles. The van der Waals surface area contributed by atoms with Crippen molar-refractivity contribution >= 4 is 16.1 Å². The van der Waals surface area contributed by atoms with E-state index >= 15 is 0 Å². The van der Waals surface area contributed by atoms with Crippen molar-refractivity contribution in [3.63, 3.8) is 0 Å². The van der Waals surface area contributed by atoms with Crippen LogP contribution in [-0.4, -0.2) is 55.3 Å². The Labute approximate surface area is 162 Å². The van der Waals surface area contributed by atoms with Crippen molar-refractivity contribution in [2.45, 2.75) is 25.3 Å². The molecule has 0 unspecified atom stereocenters. The monoisotopic (exact) mass is 385 g/mol. The summed E-state index contributed by atoms with van der Waals surface area (Å²) in [5.74, 6) is 0. The van der Waals surface area contributed by atoms with Gasteiger partial charge in [-0.1, -0.05) is 36.4 Å². The van der Waals surface area contributed by atoms with Crippen LogP contribution in [-0.2, 0) is 16.4 Å². The second-order valence-electron chi connectivity index (χ2n) is 6.96. The molecule has 144 valence electrons. The normalized spacial score (nSPS) is 19.0. The smallest absolute Gasteiger partial charge is 0.236 e. The maximum Gasteiger partial charge on any atom is 0.236 e. The molecule has 0 radical (unpaired) electrons. The Kier molecular flexibility index (Phi) is 6.77. The van der Waals surface area contributed by atoms with Crippen LogP contribution in [0, 0.1) is 0 Å². The quantitative estimate of drug-likeness (QED) is 0.735. The van der Waals surface area contributed by atoms with E-state index in [1.807, 2.05) is 54.7 Å². The zero-order chi connectivity index (χ0) is 19.1. The molecule has 2 aromatic rings. The molecule has 3 rings (SSSR count). The minimum atomic E-state index is -3.40. The molecule has 6 heteroatoms. The molecule has 5 nitrogen and oxygen atoms in total. The maximum atomic E-state index is 12.7. The largest absolute Gasteiger partial charge is 0.302 e. The highest BCUT2D eigenvalue weighted by molar-refractivity contribution is 7.92. The number of piperidine rings is 1. The number of likely N-dealkylation sites (N-methyl/N-ethyl adjacent to an activating group) is 1. The molecule has 0 spiro atoms. The summed E-state index contributed by atoms with van der Waals surface area (Å²) < 4.78 is 27.0. The van der Waals surface area contributed by atoms with Crippen LogP contribution in [0.15, 0.2) is 60.1 Å². The predicted molar refractivity (Wildman–Crippen MR) is 110 cm³/mol. The first-order valence-corrected chi connectivity index (χ1v) is 10.9. The number of rotatable bonds is 7. The SMILES string of the molecule is CN(CCc1ccccn1)[C@H]1CCCN(S(=O)(=O)/C=C/c2ccccc2)C1. The fraction of sp³-hybridized carbons (Fsp3) is 0.381. The number of hydrogen-bond acceptors (Lipinski definition) is 4. The van der Waals surface area contributed by atoms with E-state index in [2.05, 4.69) is 16.9 Å². The Morgan fingerprint density at radius 1 is 1.19 bits per heavy atom. The minimum Gasteiger partial charge on any atom is -0.302 e. The van der Waals surface area contributed by atoms with Gasteiger partial charge in [-0.3, -0.25) is 4.98 Å². The average molecular weight is 386 g/mol. The van der Waals surface area contributed by atoms with E-state index in [9.17, 15) is 8.42 Å². The van der Waals surface area contributed by atoms with Crippen LogP contribution in [0.2, 0.25) is 0 Å². The van der Waals surface area contributed by atoms with Crippen LogP contribution in [0.5, 0.6) is 0 Å². The van der Waals surface area contributed by atoms with Gasteiger partial charge in [0.05, 0.1) is 0 Å². The Morgan fingerprint density at radius 2 is 1.96 bits per heavy atom. The van der Waals surface area contributed by atoms with E-state index in [4.69, 9.17) is 0 Å². The molecule has 0 N–H and O–H groups in total. The van der Waals surface area contributed by atoms with Crippen LogP contribution >= 0.6 is 0 Å². The molecule has 27 heavy (non-hydrogen) atoms. The summed E-state index contributed by atoms with van der Waals surface area (Å²) in [5.41, 5.74) is 1.96. The van der Waals surface area contributed by atoms with Gasteiger partial charge >= 0.3 is 0 Å². The number of aromatic nitrogens is 1. The zero-order valence-corrected chi connectivity index (χ0v) is 16.6. The van der Waals surface area contributed by atoms with Crippen LogP contribution in [0.1, 0.15) is 24.1 Å². The van der Waals surface area contributed by atoms with E-state index in [1.165, 1.54) is 5.41 Å². The van der Waals surface area contributed by atoms with Gasteiger partial charge in [0.1, 0.15) is 0 Å². The van der Waals surface area contributed by atoms with Crippen molar-refractivity contribution in [2.24, 2.45) is 0 Å². The van der Waals surface area contributed by atoms with Crippen molar-refractivity contribution in [2.75, 3.05) is 26.7 Å². The summed E-state index contributed by atoms with van der Waals surface area (Å²) in [6, 6.07) is 15.7. The fourth-order valence-corrected chi connectivity index (χ4v) is 4.61. The molecule has 0 aliphatic carbocycles. The second-order valence-corrected chi connectivity index (χ2v) is 8.78. The second kappa shape index (κ2) is 9.26. The molecular weight excluding hydrogens is 358 g/mol. The molecular formula is C21H27N3O2S. The van der Waals surface area contributed by atoms with Crippen LogP contribution < -0.4 is 0 Å². The molecule has 1 aliphatic rings. The van der Waals surface area contributed by atoms with Gasteiger partial charge in [-0.25, -0.2) is 8.42 Å². The number of hydrogen-bond donors (Lipinski definition) is 0. The van der Waals surface area contributed by atoms with Crippen molar-refractivity contribution < 1.29 is 8.42 Å². The molecule has 0 bridgehead atoms. The van der Waals surface area contributed by atoms with E-state index in [0.29, 0.717) is 13.1 Å². The third-order valence-electron chi connectivity index (χ3n) is 5.02.